The lowest BCUT2D eigenvalue weighted by molar-refractivity contribution is 0.180. The van der Waals surface area contributed by atoms with E-state index < -0.39 is 10.0 Å². The number of pyridine rings is 1. The highest BCUT2D eigenvalue weighted by Crippen LogP contribution is 2.24. The maximum absolute atomic E-state index is 13.0. The van der Waals surface area contributed by atoms with Crippen LogP contribution in [0.3, 0.4) is 0 Å². The van der Waals surface area contributed by atoms with Crippen LogP contribution in [0, 0.1) is 6.92 Å². The molecule has 0 saturated carbocycles. The topological polar surface area (TPSA) is 57.9 Å². The Balaban J connectivity index is 1.44. The number of sulfonamides is 1. The van der Waals surface area contributed by atoms with Gasteiger partial charge in [0.1, 0.15) is 0 Å². The van der Waals surface area contributed by atoms with Crippen molar-refractivity contribution in [3.63, 3.8) is 0 Å². The molecule has 3 aromatic rings. The Morgan fingerprint density at radius 2 is 1.85 bits per heavy atom. The summed E-state index contributed by atoms with van der Waals surface area (Å²) in [5.41, 5.74) is 2.76. The number of piperazine rings is 1. The number of hydrogen-bond donors (Lipinski definition) is 0. The largest absolute Gasteiger partial charge is 0.295 e. The fourth-order valence-electron chi connectivity index (χ4n) is 3.42. The summed E-state index contributed by atoms with van der Waals surface area (Å²) in [6, 6.07) is 13.0. The molecule has 142 valence electrons. The molecule has 0 amide bonds. The van der Waals surface area contributed by atoms with Crippen molar-refractivity contribution < 1.29 is 8.42 Å². The normalized spacial score (nSPS) is 16.8. The molecular formula is C19H21ClN4O2S. The van der Waals surface area contributed by atoms with Crippen LogP contribution in [0.25, 0.3) is 5.52 Å². The van der Waals surface area contributed by atoms with Crippen molar-refractivity contribution in [2.75, 3.05) is 26.2 Å². The summed E-state index contributed by atoms with van der Waals surface area (Å²) in [6.45, 7) is 4.78. The second-order valence-corrected chi connectivity index (χ2v) is 9.14. The van der Waals surface area contributed by atoms with Crippen LogP contribution in [0.5, 0.6) is 0 Å². The molecule has 2 aromatic heterocycles. The van der Waals surface area contributed by atoms with Crippen molar-refractivity contribution in [2.24, 2.45) is 0 Å². The van der Waals surface area contributed by atoms with E-state index in [2.05, 4.69) is 16.1 Å². The molecule has 8 heteroatoms. The van der Waals surface area contributed by atoms with Gasteiger partial charge in [0, 0.05) is 43.9 Å². The van der Waals surface area contributed by atoms with Crippen molar-refractivity contribution >= 4 is 27.1 Å². The minimum atomic E-state index is -3.53. The molecule has 0 N–H and O–H groups in total. The summed E-state index contributed by atoms with van der Waals surface area (Å²) in [5.74, 6) is 0. The molecule has 0 radical (unpaired) electrons. The summed E-state index contributed by atoms with van der Waals surface area (Å²) in [5, 5.41) is 5.01. The van der Waals surface area contributed by atoms with E-state index in [-0.39, 0.29) is 0 Å². The van der Waals surface area contributed by atoms with Crippen molar-refractivity contribution in [1.82, 2.24) is 18.8 Å². The molecule has 0 unspecified atom stereocenters. The second-order valence-electron chi connectivity index (χ2n) is 6.80. The monoisotopic (exact) mass is 404 g/mol. The van der Waals surface area contributed by atoms with Gasteiger partial charge in [0.15, 0.2) is 0 Å². The quantitative estimate of drug-likeness (QED) is 0.671. The van der Waals surface area contributed by atoms with E-state index in [9.17, 15) is 8.42 Å². The van der Waals surface area contributed by atoms with Gasteiger partial charge in [-0.15, -0.1) is 0 Å². The highest BCUT2D eigenvalue weighted by molar-refractivity contribution is 7.89. The third kappa shape index (κ3) is 3.73. The Hall–Kier alpha value is -1.93. The Bertz CT molecular complexity index is 1040. The summed E-state index contributed by atoms with van der Waals surface area (Å²) >= 11 is 6.01. The van der Waals surface area contributed by atoms with E-state index in [4.69, 9.17) is 11.6 Å². The Kier molecular flexibility index (Phi) is 4.94. The second kappa shape index (κ2) is 7.24. The molecule has 1 fully saturated rings. The molecular weight excluding hydrogens is 384 g/mol. The minimum Gasteiger partial charge on any atom is -0.295 e. The lowest BCUT2D eigenvalue weighted by Crippen LogP contribution is -2.48. The first-order chi connectivity index (χ1) is 12.9. The van der Waals surface area contributed by atoms with Crippen LogP contribution in [-0.2, 0) is 16.6 Å². The van der Waals surface area contributed by atoms with Crippen molar-refractivity contribution in [3.05, 3.63) is 64.9 Å². The Morgan fingerprint density at radius 3 is 2.59 bits per heavy atom. The predicted octanol–water partition coefficient (Wildman–Crippen LogP) is 2.80. The molecule has 3 heterocycles. The Labute approximate surface area is 164 Å². The van der Waals surface area contributed by atoms with E-state index in [1.807, 2.05) is 28.9 Å². The number of aryl methyl sites for hydroxylation is 1. The molecule has 0 atom stereocenters. The summed E-state index contributed by atoms with van der Waals surface area (Å²) in [6.07, 6.45) is 1.93. The van der Waals surface area contributed by atoms with Crippen LogP contribution >= 0.6 is 11.6 Å². The van der Waals surface area contributed by atoms with Gasteiger partial charge in [0.05, 0.1) is 16.1 Å². The first-order valence-electron chi connectivity index (χ1n) is 8.85. The molecule has 0 aliphatic carbocycles. The van der Waals surface area contributed by atoms with Gasteiger partial charge >= 0.3 is 0 Å². The van der Waals surface area contributed by atoms with Crippen LogP contribution in [0.4, 0.5) is 0 Å². The highest BCUT2D eigenvalue weighted by Gasteiger charge is 2.30. The number of fused-ring (bicyclic) bond motifs is 1. The fourth-order valence-corrected chi connectivity index (χ4v) is 5.33. The zero-order valence-corrected chi connectivity index (χ0v) is 16.6. The number of nitrogens with zero attached hydrogens (tertiary/aromatic N) is 4. The zero-order chi connectivity index (χ0) is 19.0. The van der Waals surface area contributed by atoms with E-state index in [1.165, 1.54) is 6.07 Å². The standard InChI is InChI=1S/C19H21ClN4O2S/c1-15-5-6-16(20)12-19(15)27(25,26)23-10-8-22(9-11-23)14-17-13-18-4-2-3-7-24(18)21-17/h2-7,12-13H,8-11,14H2,1H3. The van der Waals surface area contributed by atoms with Crippen molar-refractivity contribution in [2.45, 2.75) is 18.4 Å². The first kappa shape index (κ1) is 18.4. The Morgan fingerprint density at radius 1 is 1.07 bits per heavy atom. The smallest absolute Gasteiger partial charge is 0.243 e. The molecule has 1 saturated heterocycles. The van der Waals surface area contributed by atoms with Crippen LogP contribution in [0.15, 0.2) is 53.6 Å². The van der Waals surface area contributed by atoms with Crippen LogP contribution in [0.1, 0.15) is 11.3 Å². The molecule has 1 aliphatic heterocycles. The number of benzene rings is 1. The van der Waals surface area contributed by atoms with Gasteiger partial charge in [-0.2, -0.15) is 9.40 Å². The van der Waals surface area contributed by atoms with Crippen molar-refractivity contribution in [1.29, 1.82) is 0 Å². The number of hydrogen-bond acceptors (Lipinski definition) is 4. The van der Waals surface area contributed by atoms with Gasteiger partial charge in [0.25, 0.3) is 0 Å². The highest BCUT2D eigenvalue weighted by atomic mass is 35.5. The van der Waals surface area contributed by atoms with Crippen LogP contribution < -0.4 is 0 Å². The van der Waals surface area contributed by atoms with E-state index in [0.29, 0.717) is 48.2 Å². The average molecular weight is 405 g/mol. The van der Waals surface area contributed by atoms with Crippen LogP contribution in [-0.4, -0.2) is 53.4 Å². The molecule has 1 aliphatic rings. The zero-order valence-electron chi connectivity index (χ0n) is 15.0. The predicted molar refractivity (Wildman–Crippen MR) is 105 cm³/mol. The third-order valence-electron chi connectivity index (χ3n) is 4.91. The maximum Gasteiger partial charge on any atom is 0.243 e. The van der Waals surface area contributed by atoms with E-state index in [1.54, 1.807) is 23.4 Å². The average Bonchev–Trinajstić information content (AvgIpc) is 3.06. The minimum absolute atomic E-state index is 0.295. The SMILES string of the molecule is Cc1ccc(Cl)cc1S(=O)(=O)N1CCN(Cc2cc3ccccn3n2)CC1. The molecule has 1 aromatic carbocycles. The van der Waals surface area contributed by atoms with E-state index in [0.717, 1.165) is 11.2 Å². The number of rotatable bonds is 4. The van der Waals surface area contributed by atoms with Crippen LogP contribution in [0.2, 0.25) is 5.02 Å². The molecule has 27 heavy (non-hydrogen) atoms. The van der Waals surface area contributed by atoms with Gasteiger partial charge in [-0.3, -0.25) is 4.90 Å². The lowest BCUT2D eigenvalue weighted by atomic mass is 10.2. The van der Waals surface area contributed by atoms with Gasteiger partial charge in [0.2, 0.25) is 10.0 Å². The molecule has 0 spiro atoms. The van der Waals surface area contributed by atoms with Gasteiger partial charge in [-0.25, -0.2) is 12.9 Å². The number of halogens is 1. The summed E-state index contributed by atoms with van der Waals surface area (Å²) in [7, 11) is -3.53. The summed E-state index contributed by atoms with van der Waals surface area (Å²) in [4.78, 5) is 2.53. The molecule has 0 bridgehead atoms. The van der Waals surface area contributed by atoms with E-state index >= 15 is 0 Å². The van der Waals surface area contributed by atoms with Gasteiger partial charge in [-0.1, -0.05) is 23.7 Å². The van der Waals surface area contributed by atoms with Crippen molar-refractivity contribution in [3.8, 4) is 0 Å². The maximum atomic E-state index is 13.0. The van der Waals surface area contributed by atoms with Gasteiger partial charge < -0.3 is 0 Å². The molecule has 6 nitrogen and oxygen atoms in total. The summed E-state index contributed by atoms with van der Waals surface area (Å²) < 4.78 is 29.4. The molecule has 4 rings (SSSR count). The fraction of sp³-hybridized carbons (Fsp3) is 0.316. The third-order valence-corrected chi connectivity index (χ3v) is 7.18. The number of aromatic nitrogens is 2. The lowest BCUT2D eigenvalue weighted by Gasteiger charge is -2.33. The first-order valence-corrected chi connectivity index (χ1v) is 10.7. The van der Waals surface area contributed by atoms with Gasteiger partial charge in [-0.05, 0) is 42.8 Å².